The van der Waals surface area contributed by atoms with E-state index in [1.165, 1.54) is 6.92 Å². The molecule has 0 aliphatic rings. The van der Waals surface area contributed by atoms with Crippen LogP contribution in [-0.2, 0) is 4.79 Å². The number of halogens is 2. The summed E-state index contributed by atoms with van der Waals surface area (Å²) >= 11 is 10.9. The molecule has 3 heteroatoms. The minimum Gasteiger partial charge on any atom is -0.295 e. The Bertz CT molecular complexity index is 149. The van der Waals surface area contributed by atoms with Gasteiger partial charge in [-0.05, 0) is 13.8 Å². The number of allylic oxidation sites excluding steroid dienone is 2. The summed E-state index contributed by atoms with van der Waals surface area (Å²) in [7, 11) is 0. The molecule has 0 aromatic heterocycles. The van der Waals surface area contributed by atoms with Crippen LogP contribution in [0, 0.1) is 0 Å². The van der Waals surface area contributed by atoms with E-state index in [1.54, 1.807) is 6.92 Å². The lowest BCUT2D eigenvalue weighted by molar-refractivity contribution is -0.113. The number of carbonyl (C=O) groups is 1. The second-order valence-electron chi connectivity index (χ2n) is 1.72. The maximum absolute atomic E-state index is 10.5. The Hall–Kier alpha value is -0.0100. The molecule has 52 valence electrons. The van der Waals surface area contributed by atoms with Crippen LogP contribution in [0.25, 0.3) is 0 Å². The summed E-state index contributed by atoms with van der Waals surface area (Å²) in [6.45, 7) is 3.12. The molecular formula is C6H8Cl2O. The summed E-state index contributed by atoms with van der Waals surface area (Å²) in [6, 6.07) is 0. The topological polar surface area (TPSA) is 17.1 Å². The molecular weight excluding hydrogens is 159 g/mol. The zero-order chi connectivity index (χ0) is 7.44. The van der Waals surface area contributed by atoms with Gasteiger partial charge in [0.2, 0.25) is 0 Å². The fraction of sp³-hybridized carbons (Fsp3) is 0.500. The Labute approximate surface area is 64.6 Å². The quantitative estimate of drug-likeness (QED) is 0.455. The monoisotopic (exact) mass is 166 g/mol. The van der Waals surface area contributed by atoms with Crippen molar-refractivity contribution in [1.29, 1.82) is 0 Å². The van der Waals surface area contributed by atoms with Crippen LogP contribution in [-0.4, -0.2) is 11.7 Å². The number of alkyl halides is 1. The first-order valence-corrected chi connectivity index (χ1v) is 3.43. The molecule has 0 amide bonds. The van der Waals surface area contributed by atoms with Gasteiger partial charge in [0.15, 0.2) is 5.78 Å². The van der Waals surface area contributed by atoms with Crippen molar-refractivity contribution in [1.82, 2.24) is 0 Å². The van der Waals surface area contributed by atoms with Crippen molar-refractivity contribution < 1.29 is 4.79 Å². The normalized spacial score (nSPS) is 12.9. The van der Waals surface area contributed by atoms with Gasteiger partial charge in [-0.25, -0.2) is 0 Å². The summed E-state index contributed by atoms with van der Waals surface area (Å²) in [5.41, 5.74) is 0.548. The molecule has 0 aromatic carbocycles. The smallest absolute Gasteiger partial charge is 0.156 e. The largest absolute Gasteiger partial charge is 0.295 e. The number of Topliss-reactive ketones (excluding diaryl/α,β-unsaturated/α-hetero) is 1. The lowest BCUT2D eigenvalue weighted by Gasteiger charge is -1.95. The highest BCUT2D eigenvalue weighted by molar-refractivity contribution is 6.37. The second kappa shape index (κ2) is 3.91. The highest BCUT2D eigenvalue weighted by atomic mass is 35.5. The van der Waals surface area contributed by atoms with E-state index in [2.05, 4.69) is 0 Å². The van der Waals surface area contributed by atoms with Gasteiger partial charge in [0.25, 0.3) is 0 Å². The number of hydrogen-bond donors (Lipinski definition) is 0. The molecule has 0 unspecified atom stereocenters. The van der Waals surface area contributed by atoms with Gasteiger partial charge in [0, 0.05) is 10.6 Å². The summed E-state index contributed by atoms with van der Waals surface area (Å²) in [5, 5.41) is 0.434. The van der Waals surface area contributed by atoms with E-state index in [1.807, 2.05) is 0 Å². The van der Waals surface area contributed by atoms with E-state index < -0.39 is 0 Å². The summed E-state index contributed by atoms with van der Waals surface area (Å²) in [6.07, 6.45) is 0. The van der Waals surface area contributed by atoms with Gasteiger partial charge in [-0.1, -0.05) is 11.6 Å². The van der Waals surface area contributed by atoms with Crippen LogP contribution in [0.4, 0.5) is 0 Å². The molecule has 0 N–H and O–H groups in total. The van der Waals surface area contributed by atoms with Crippen LogP contribution in [0.5, 0.6) is 0 Å². The maximum Gasteiger partial charge on any atom is 0.156 e. The molecule has 0 fully saturated rings. The molecule has 0 radical (unpaired) electrons. The van der Waals surface area contributed by atoms with Crippen molar-refractivity contribution in [2.24, 2.45) is 0 Å². The van der Waals surface area contributed by atoms with Crippen LogP contribution in [0.2, 0.25) is 0 Å². The number of ketones is 1. The fourth-order valence-electron chi connectivity index (χ4n) is 0.291. The molecule has 0 aromatic rings. The number of hydrogen-bond acceptors (Lipinski definition) is 1. The van der Waals surface area contributed by atoms with E-state index in [4.69, 9.17) is 23.2 Å². The van der Waals surface area contributed by atoms with Crippen LogP contribution in [0.1, 0.15) is 13.8 Å². The molecule has 0 aliphatic carbocycles. The molecule has 1 nitrogen and oxygen atoms in total. The molecule has 0 bridgehead atoms. The van der Waals surface area contributed by atoms with Crippen molar-refractivity contribution in [2.45, 2.75) is 13.8 Å². The second-order valence-corrected chi connectivity index (χ2v) is 2.44. The van der Waals surface area contributed by atoms with Gasteiger partial charge in [0.1, 0.15) is 0 Å². The third-order valence-electron chi connectivity index (χ3n) is 1.05. The van der Waals surface area contributed by atoms with E-state index in [0.29, 0.717) is 10.6 Å². The Morgan fingerprint density at radius 2 is 1.89 bits per heavy atom. The predicted octanol–water partition coefficient (Wildman–Crippen LogP) is 2.33. The van der Waals surface area contributed by atoms with Gasteiger partial charge in [-0.2, -0.15) is 0 Å². The van der Waals surface area contributed by atoms with Crippen LogP contribution in [0.15, 0.2) is 10.6 Å². The molecule has 0 saturated carbocycles. The molecule has 0 rings (SSSR count). The first kappa shape index (κ1) is 8.99. The number of rotatable bonds is 2. The average Bonchev–Trinajstić information content (AvgIpc) is 1.84. The van der Waals surface area contributed by atoms with Crippen molar-refractivity contribution in [3.05, 3.63) is 10.6 Å². The maximum atomic E-state index is 10.5. The molecule has 0 heterocycles. The highest BCUT2D eigenvalue weighted by Gasteiger charge is 2.01. The predicted molar refractivity (Wildman–Crippen MR) is 40.0 cm³/mol. The zero-order valence-electron chi connectivity index (χ0n) is 5.37. The van der Waals surface area contributed by atoms with Gasteiger partial charge in [0.05, 0.1) is 5.88 Å². The zero-order valence-corrected chi connectivity index (χ0v) is 6.88. The van der Waals surface area contributed by atoms with Crippen LogP contribution >= 0.6 is 23.2 Å². The Morgan fingerprint density at radius 1 is 1.44 bits per heavy atom. The molecule has 0 saturated heterocycles. The van der Waals surface area contributed by atoms with Gasteiger partial charge >= 0.3 is 0 Å². The fourth-order valence-corrected chi connectivity index (χ4v) is 0.625. The Balaban J connectivity index is 4.28. The minimum absolute atomic E-state index is 0.0272. The van der Waals surface area contributed by atoms with Gasteiger partial charge in [-0.3, -0.25) is 4.79 Å². The molecule has 0 spiro atoms. The van der Waals surface area contributed by atoms with Crippen LogP contribution < -0.4 is 0 Å². The van der Waals surface area contributed by atoms with E-state index in [0.717, 1.165) is 0 Å². The van der Waals surface area contributed by atoms with Gasteiger partial charge < -0.3 is 0 Å². The summed E-state index contributed by atoms with van der Waals surface area (Å²) in [5.74, 6) is 0.188. The number of carbonyl (C=O) groups excluding carboxylic acids is 1. The van der Waals surface area contributed by atoms with Crippen LogP contribution in [0.3, 0.4) is 0 Å². The van der Waals surface area contributed by atoms with Crippen molar-refractivity contribution in [2.75, 3.05) is 5.88 Å². The Morgan fingerprint density at radius 3 is 2.00 bits per heavy atom. The third-order valence-corrected chi connectivity index (χ3v) is 1.87. The average molecular weight is 167 g/mol. The van der Waals surface area contributed by atoms with Gasteiger partial charge in [-0.15, -0.1) is 11.6 Å². The molecule has 9 heavy (non-hydrogen) atoms. The minimum atomic E-state index is -0.0272. The first-order valence-electron chi connectivity index (χ1n) is 2.51. The van der Waals surface area contributed by atoms with E-state index in [-0.39, 0.29) is 11.7 Å². The van der Waals surface area contributed by atoms with Crippen molar-refractivity contribution in [3.8, 4) is 0 Å². The third kappa shape index (κ3) is 2.87. The highest BCUT2D eigenvalue weighted by Crippen LogP contribution is 2.10. The molecule has 0 aliphatic heterocycles. The lowest BCUT2D eigenvalue weighted by Crippen LogP contribution is -1.94. The summed E-state index contributed by atoms with van der Waals surface area (Å²) in [4.78, 5) is 10.5. The van der Waals surface area contributed by atoms with Crippen molar-refractivity contribution >= 4 is 29.0 Å². The first-order chi connectivity index (χ1) is 4.09. The standard InChI is InChI=1S/C6H8Cl2O/c1-4(5(2)9)6(8)3-7/h3H2,1-2H3/b6-4+. The van der Waals surface area contributed by atoms with Crippen molar-refractivity contribution in [3.63, 3.8) is 0 Å². The SMILES string of the molecule is CC(=O)/C(C)=C(/Cl)CCl. The molecule has 0 atom stereocenters. The summed E-state index contributed by atoms with van der Waals surface area (Å²) < 4.78 is 0. The van der Waals surface area contributed by atoms with E-state index in [9.17, 15) is 4.79 Å². The van der Waals surface area contributed by atoms with E-state index >= 15 is 0 Å². The lowest BCUT2D eigenvalue weighted by atomic mass is 10.2. The Kier molecular flexibility index (Phi) is 3.91.